The molecule has 2 aromatic rings. The van der Waals surface area contributed by atoms with Crippen molar-refractivity contribution in [1.82, 2.24) is 5.32 Å². The second kappa shape index (κ2) is 8.69. The van der Waals surface area contributed by atoms with Gasteiger partial charge in [-0.15, -0.1) is 0 Å². The van der Waals surface area contributed by atoms with Gasteiger partial charge in [0.05, 0.1) is 23.8 Å². The average Bonchev–Trinajstić information content (AvgIpc) is 3.07. The zero-order chi connectivity index (χ0) is 20.1. The maximum Gasteiger partial charge on any atom is 0.227 e. The largest absolute Gasteiger partial charge is 0.349 e. The molecule has 1 saturated heterocycles. The molecule has 1 aliphatic heterocycles. The molecule has 2 aromatic carbocycles. The Morgan fingerprint density at radius 1 is 1.11 bits per heavy atom. The van der Waals surface area contributed by atoms with Crippen LogP contribution in [0.15, 0.2) is 48.5 Å². The Morgan fingerprint density at radius 3 is 2.46 bits per heavy atom. The summed E-state index contributed by atoms with van der Waals surface area (Å²) in [6.45, 7) is 4.08. The number of carbonyl (C=O) groups is 3. The highest BCUT2D eigenvalue weighted by molar-refractivity contribution is 6.02. The van der Waals surface area contributed by atoms with Crippen LogP contribution in [0.4, 0.5) is 11.4 Å². The highest BCUT2D eigenvalue weighted by Gasteiger charge is 2.25. The minimum absolute atomic E-state index is 0.0671. The Morgan fingerprint density at radius 2 is 1.82 bits per heavy atom. The molecule has 2 N–H and O–H groups in total. The fourth-order valence-electron chi connectivity index (χ4n) is 3.40. The van der Waals surface area contributed by atoms with Crippen molar-refractivity contribution in [2.24, 2.45) is 0 Å². The van der Waals surface area contributed by atoms with Gasteiger partial charge in [0.1, 0.15) is 0 Å². The number of nitrogens with zero attached hydrogens (tertiary/aromatic N) is 1. The summed E-state index contributed by atoms with van der Waals surface area (Å²) >= 11 is 0. The maximum atomic E-state index is 12.7. The predicted octanol–water partition coefficient (Wildman–Crippen LogP) is 3.33. The van der Waals surface area contributed by atoms with E-state index in [-0.39, 0.29) is 24.1 Å². The van der Waals surface area contributed by atoms with Gasteiger partial charge in [0.2, 0.25) is 17.7 Å². The van der Waals surface area contributed by atoms with E-state index >= 15 is 0 Å². The fourth-order valence-corrected chi connectivity index (χ4v) is 3.40. The summed E-state index contributed by atoms with van der Waals surface area (Å²) in [6.07, 6.45) is 1.45. The van der Waals surface area contributed by atoms with Crippen molar-refractivity contribution in [3.63, 3.8) is 0 Å². The molecule has 0 saturated carbocycles. The maximum absolute atomic E-state index is 12.7. The van der Waals surface area contributed by atoms with E-state index < -0.39 is 6.04 Å². The number of carbonyl (C=O) groups excluding carboxylic acids is 3. The van der Waals surface area contributed by atoms with Gasteiger partial charge in [-0.25, -0.2) is 0 Å². The summed E-state index contributed by atoms with van der Waals surface area (Å²) in [7, 11) is 0. The van der Waals surface area contributed by atoms with Crippen LogP contribution in [-0.2, 0) is 14.4 Å². The molecule has 1 atom stereocenters. The van der Waals surface area contributed by atoms with Crippen LogP contribution in [0.2, 0.25) is 0 Å². The van der Waals surface area contributed by atoms with E-state index in [1.54, 1.807) is 11.0 Å². The van der Waals surface area contributed by atoms with Crippen LogP contribution >= 0.6 is 0 Å². The summed E-state index contributed by atoms with van der Waals surface area (Å²) in [5, 5.41) is 5.75. The van der Waals surface area contributed by atoms with Crippen LogP contribution in [0.1, 0.15) is 43.4 Å². The molecule has 6 nitrogen and oxygen atoms in total. The van der Waals surface area contributed by atoms with Crippen molar-refractivity contribution >= 4 is 29.1 Å². The average molecular weight is 379 g/mol. The van der Waals surface area contributed by atoms with Crippen LogP contribution in [0.25, 0.3) is 0 Å². The van der Waals surface area contributed by atoms with E-state index in [1.807, 2.05) is 49.4 Å². The molecular weight excluding hydrogens is 354 g/mol. The van der Waals surface area contributed by atoms with E-state index in [0.29, 0.717) is 24.3 Å². The number of hydrogen-bond donors (Lipinski definition) is 2. The number of benzene rings is 2. The second-order valence-electron chi connectivity index (χ2n) is 7.08. The van der Waals surface area contributed by atoms with Gasteiger partial charge in [0.25, 0.3) is 0 Å². The van der Waals surface area contributed by atoms with Crippen LogP contribution < -0.4 is 15.5 Å². The Bertz CT molecular complexity index is 877. The third kappa shape index (κ3) is 4.76. The predicted molar refractivity (Wildman–Crippen MR) is 109 cm³/mol. The van der Waals surface area contributed by atoms with Crippen molar-refractivity contribution < 1.29 is 14.4 Å². The van der Waals surface area contributed by atoms with Crippen LogP contribution in [0.3, 0.4) is 0 Å². The topological polar surface area (TPSA) is 78.5 Å². The third-order valence-electron chi connectivity index (χ3n) is 4.79. The van der Waals surface area contributed by atoms with E-state index in [0.717, 1.165) is 17.5 Å². The molecule has 0 spiro atoms. The monoisotopic (exact) mass is 379 g/mol. The summed E-state index contributed by atoms with van der Waals surface area (Å²) in [4.78, 5) is 38.1. The molecule has 1 heterocycles. The van der Waals surface area contributed by atoms with Gasteiger partial charge in [-0.3, -0.25) is 14.4 Å². The van der Waals surface area contributed by atoms with Crippen molar-refractivity contribution in [2.75, 3.05) is 16.8 Å². The van der Waals surface area contributed by atoms with Crippen molar-refractivity contribution in [3.05, 3.63) is 59.7 Å². The van der Waals surface area contributed by atoms with E-state index in [2.05, 4.69) is 10.6 Å². The Kier molecular flexibility index (Phi) is 6.09. The summed E-state index contributed by atoms with van der Waals surface area (Å²) in [5.74, 6) is -0.350. The zero-order valence-corrected chi connectivity index (χ0v) is 16.2. The minimum Gasteiger partial charge on any atom is -0.349 e. The van der Waals surface area contributed by atoms with Gasteiger partial charge in [0.15, 0.2) is 0 Å². The first kappa shape index (κ1) is 19.6. The first-order valence-corrected chi connectivity index (χ1v) is 9.47. The van der Waals surface area contributed by atoms with Crippen LogP contribution in [-0.4, -0.2) is 24.3 Å². The first-order valence-electron chi connectivity index (χ1n) is 9.47. The molecule has 0 aliphatic carbocycles. The van der Waals surface area contributed by atoms with Crippen LogP contribution in [0.5, 0.6) is 0 Å². The lowest BCUT2D eigenvalue weighted by molar-refractivity contribution is -0.121. The Balaban J connectivity index is 1.75. The smallest absolute Gasteiger partial charge is 0.227 e. The van der Waals surface area contributed by atoms with Crippen molar-refractivity contribution in [3.8, 4) is 0 Å². The zero-order valence-electron chi connectivity index (χ0n) is 16.2. The van der Waals surface area contributed by atoms with Gasteiger partial charge in [-0.1, -0.05) is 42.0 Å². The fraction of sp³-hybridized carbons (Fsp3) is 0.318. The van der Waals surface area contributed by atoms with E-state index in [4.69, 9.17) is 0 Å². The molecule has 1 unspecified atom stereocenters. The molecule has 6 heteroatoms. The summed E-state index contributed by atoms with van der Waals surface area (Å²) in [5.41, 5.74) is 3.30. The van der Waals surface area contributed by atoms with Crippen molar-refractivity contribution in [1.29, 1.82) is 0 Å². The SMILES string of the molecule is CC(=O)NC(CC(=O)Nc1ccccc1N1CCCC1=O)c1ccc(C)cc1. The number of hydrogen-bond acceptors (Lipinski definition) is 3. The summed E-state index contributed by atoms with van der Waals surface area (Å²) in [6, 6.07) is 14.6. The van der Waals surface area contributed by atoms with Gasteiger partial charge >= 0.3 is 0 Å². The number of anilines is 2. The van der Waals surface area contributed by atoms with E-state index in [1.165, 1.54) is 6.92 Å². The molecule has 1 aliphatic rings. The minimum atomic E-state index is -0.418. The standard InChI is InChI=1S/C22H25N3O3/c1-15-9-11-17(12-10-15)19(23-16(2)26)14-21(27)24-18-6-3-4-7-20(18)25-13-5-8-22(25)28/h3-4,6-7,9-12,19H,5,8,13-14H2,1-2H3,(H,23,26)(H,24,27). The quantitative estimate of drug-likeness (QED) is 0.808. The number of aryl methyl sites for hydroxylation is 1. The third-order valence-corrected chi connectivity index (χ3v) is 4.79. The number of para-hydroxylation sites is 2. The molecular formula is C22H25N3O3. The molecule has 3 rings (SSSR count). The number of amides is 3. The summed E-state index contributed by atoms with van der Waals surface area (Å²) < 4.78 is 0. The van der Waals surface area contributed by atoms with Gasteiger partial charge in [0, 0.05) is 19.9 Å². The van der Waals surface area contributed by atoms with Crippen molar-refractivity contribution in [2.45, 2.75) is 39.2 Å². The molecule has 0 aromatic heterocycles. The number of rotatable bonds is 6. The lowest BCUT2D eigenvalue weighted by Gasteiger charge is -2.22. The number of nitrogens with one attached hydrogen (secondary N) is 2. The normalized spacial score (nSPS) is 14.6. The van der Waals surface area contributed by atoms with Gasteiger partial charge < -0.3 is 15.5 Å². The van der Waals surface area contributed by atoms with Crippen LogP contribution in [0, 0.1) is 6.92 Å². The van der Waals surface area contributed by atoms with E-state index in [9.17, 15) is 14.4 Å². The lowest BCUT2D eigenvalue weighted by atomic mass is 10.0. The van der Waals surface area contributed by atoms with Gasteiger partial charge in [-0.2, -0.15) is 0 Å². The molecule has 0 radical (unpaired) electrons. The highest BCUT2D eigenvalue weighted by Crippen LogP contribution is 2.30. The molecule has 146 valence electrons. The van der Waals surface area contributed by atoms with Gasteiger partial charge in [-0.05, 0) is 31.0 Å². The molecule has 1 fully saturated rings. The lowest BCUT2D eigenvalue weighted by Crippen LogP contribution is -2.30. The molecule has 28 heavy (non-hydrogen) atoms. The Hall–Kier alpha value is -3.15. The first-order chi connectivity index (χ1) is 13.4. The highest BCUT2D eigenvalue weighted by atomic mass is 16.2. The molecule has 0 bridgehead atoms. The Labute approximate surface area is 164 Å². The second-order valence-corrected chi connectivity index (χ2v) is 7.08. The molecule has 3 amide bonds.